The van der Waals surface area contributed by atoms with Gasteiger partial charge in [0.1, 0.15) is 5.82 Å². The lowest BCUT2D eigenvalue weighted by Gasteiger charge is -2.41. The third-order valence-electron chi connectivity index (χ3n) is 6.62. The fourth-order valence-corrected chi connectivity index (χ4v) is 5.74. The number of halogens is 1. The second-order valence-electron chi connectivity index (χ2n) is 8.62. The van der Waals surface area contributed by atoms with E-state index in [1.165, 1.54) is 34.9 Å². The number of nitrogens with zero attached hydrogens (tertiary/aromatic N) is 1. The van der Waals surface area contributed by atoms with Crippen LogP contribution in [0, 0.1) is 5.82 Å². The molecule has 0 spiro atoms. The molecule has 6 nitrogen and oxygen atoms in total. The van der Waals surface area contributed by atoms with Crippen molar-refractivity contribution in [1.82, 2.24) is 4.90 Å². The van der Waals surface area contributed by atoms with Crippen LogP contribution >= 0.6 is 0 Å². The minimum atomic E-state index is -1.86. The molecular weight excluding hydrogens is 469 g/mol. The van der Waals surface area contributed by atoms with E-state index in [-0.39, 0.29) is 10.9 Å². The summed E-state index contributed by atoms with van der Waals surface area (Å²) in [6.45, 7) is 4.00. The van der Waals surface area contributed by atoms with Gasteiger partial charge in [-0.05, 0) is 84.5 Å². The molecule has 0 aromatic heterocycles. The molecule has 0 bridgehead atoms. The maximum Gasteiger partial charge on any atom is 0.240 e. The zero-order valence-corrected chi connectivity index (χ0v) is 20.8. The molecule has 2 aliphatic heterocycles. The summed E-state index contributed by atoms with van der Waals surface area (Å²) in [5, 5.41) is 0. The van der Waals surface area contributed by atoms with Crippen LogP contribution in [-0.2, 0) is 30.5 Å². The van der Waals surface area contributed by atoms with Gasteiger partial charge in [0.25, 0.3) is 0 Å². The smallest absolute Gasteiger partial charge is 0.240 e. The topological polar surface area (TPSA) is 57.2 Å². The van der Waals surface area contributed by atoms with Gasteiger partial charge in [0.2, 0.25) is 11.1 Å². The van der Waals surface area contributed by atoms with Crippen molar-refractivity contribution in [2.45, 2.75) is 37.2 Å². The monoisotopic (exact) mass is 497 g/mol. The van der Waals surface area contributed by atoms with Gasteiger partial charge in [-0.15, -0.1) is 0 Å². The second kappa shape index (κ2) is 9.87. The summed E-state index contributed by atoms with van der Waals surface area (Å²) in [5.41, 5.74) is 4.81. The number of ether oxygens (including phenoxy) is 3. The quantitative estimate of drug-likeness (QED) is 0.458. The third-order valence-corrected chi connectivity index (χ3v) is 7.59. The summed E-state index contributed by atoms with van der Waals surface area (Å²) in [7, 11) is 3.32. The van der Waals surface area contributed by atoms with Crippen LogP contribution in [0.15, 0.2) is 53.4 Å². The molecule has 3 aromatic carbocycles. The van der Waals surface area contributed by atoms with Gasteiger partial charge < -0.3 is 18.4 Å². The molecule has 5 rings (SSSR count). The SMILES string of the molecule is CCOc1cc2c(cc1OS(=O)c1cccc(F)c1)CN1CCc3cc(OC)c(OC)cc3C1C2. The van der Waals surface area contributed by atoms with Crippen molar-refractivity contribution in [2.24, 2.45) is 0 Å². The molecule has 0 fully saturated rings. The van der Waals surface area contributed by atoms with Gasteiger partial charge in [0.05, 0.1) is 25.7 Å². The van der Waals surface area contributed by atoms with Crippen LogP contribution in [0.4, 0.5) is 4.39 Å². The van der Waals surface area contributed by atoms with Gasteiger partial charge in [-0.2, -0.15) is 0 Å². The lowest BCUT2D eigenvalue weighted by molar-refractivity contribution is 0.160. The molecule has 8 heteroatoms. The number of hydrogen-bond donors (Lipinski definition) is 0. The molecule has 0 radical (unpaired) electrons. The summed E-state index contributed by atoms with van der Waals surface area (Å²) in [6.07, 6.45) is 1.73. The molecule has 2 heterocycles. The lowest BCUT2D eigenvalue weighted by Crippen LogP contribution is -2.39. The predicted molar refractivity (Wildman–Crippen MR) is 131 cm³/mol. The van der Waals surface area contributed by atoms with E-state index < -0.39 is 16.9 Å². The highest BCUT2D eigenvalue weighted by Crippen LogP contribution is 2.44. The van der Waals surface area contributed by atoms with Gasteiger partial charge in [-0.25, -0.2) is 8.60 Å². The van der Waals surface area contributed by atoms with Crippen molar-refractivity contribution in [3.63, 3.8) is 0 Å². The van der Waals surface area contributed by atoms with Crippen LogP contribution in [0.2, 0.25) is 0 Å². The van der Waals surface area contributed by atoms with Gasteiger partial charge in [0, 0.05) is 19.1 Å². The van der Waals surface area contributed by atoms with Crippen LogP contribution in [0.5, 0.6) is 23.0 Å². The molecule has 2 atom stereocenters. The molecule has 0 N–H and O–H groups in total. The number of methoxy groups -OCH3 is 2. The second-order valence-corrected chi connectivity index (χ2v) is 9.73. The Morgan fingerprint density at radius 3 is 2.46 bits per heavy atom. The molecular formula is C27H28FNO5S. The van der Waals surface area contributed by atoms with E-state index in [9.17, 15) is 8.60 Å². The Morgan fingerprint density at radius 1 is 0.971 bits per heavy atom. The Labute approximate surface area is 207 Å². The fraction of sp³-hybridized carbons (Fsp3) is 0.333. The van der Waals surface area contributed by atoms with Crippen LogP contribution in [0.3, 0.4) is 0 Å². The fourth-order valence-electron chi connectivity index (χ4n) is 4.95. The Morgan fingerprint density at radius 2 is 1.71 bits per heavy atom. The van der Waals surface area contributed by atoms with Crippen molar-refractivity contribution in [3.8, 4) is 23.0 Å². The van der Waals surface area contributed by atoms with Gasteiger partial charge in [0.15, 0.2) is 23.0 Å². The lowest BCUT2D eigenvalue weighted by atomic mass is 9.83. The van der Waals surface area contributed by atoms with Crippen LogP contribution in [0.1, 0.15) is 35.2 Å². The largest absolute Gasteiger partial charge is 0.493 e. The Balaban J connectivity index is 1.47. The standard InChI is InChI=1S/C27H28FNO5S/c1-4-33-26-12-18-10-23-22-15-25(32-3)24(31-2)11-17(22)8-9-29(23)16-19(18)13-27(26)34-35(30)21-7-5-6-20(28)14-21/h5-7,11-15,23H,4,8-10,16H2,1-3H3. The molecule has 0 saturated heterocycles. The first-order valence-electron chi connectivity index (χ1n) is 11.6. The first-order valence-corrected chi connectivity index (χ1v) is 12.7. The average molecular weight is 498 g/mol. The van der Waals surface area contributed by atoms with Crippen molar-refractivity contribution < 1.29 is 27.0 Å². The molecule has 0 saturated carbocycles. The number of hydrogen-bond acceptors (Lipinski definition) is 6. The Hall–Kier alpha value is -3.10. The Kier molecular flexibility index (Phi) is 6.67. The van der Waals surface area contributed by atoms with Crippen molar-refractivity contribution >= 4 is 11.1 Å². The van der Waals surface area contributed by atoms with Crippen molar-refractivity contribution in [3.05, 3.63) is 76.6 Å². The highest BCUT2D eigenvalue weighted by molar-refractivity contribution is 7.80. The Bertz CT molecular complexity index is 1280. The minimum absolute atomic E-state index is 0.216. The normalized spacial score (nSPS) is 17.5. The van der Waals surface area contributed by atoms with Crippen molar-refractivity contribution in [2.75, 3.05) is 27.4 Å². The molecule has 2 aliphatic rings. The molecule has 184 valence electrons. The van der Waals surface area contributed by atoms with Gasteiger partial charge in [-0.3, -0.25) is 4.90 Å². The van der Waals surface area contributed by atoms with Crippen LogP contribution in [-0.4, -0.2) is 36.5 Å². The molecule has 35 heavy (non-hydrogen) atoms. The maximum absolute atomic E-state index is 13.6. The molecule has 0 aliphatic carbocycles. The first kappa shape index (κ1) is 23.6. The summed E-state index contributed by atoms with van der Waals surface area (Å²) >= 11 is -1.86. The van der Waals surface area contributed by atoms with Crippen molar-refractivity contribution in [1.29, 1.82) is 0 Å². The summed E-state index contributed by atoms with van der Waals surface area (Å²) in [6, 6.07) is 13.9. The summed E-state index contributed by atoms with van der Waals surface area (Å²) in [4.78, 5) is 2.71. The molecule has 2 unspecified atom stereocenters. The van der Waals surface area contributed by atoms with E-state index in [1.54, 1.807) is 20.3 Å². The maximum atomic E-state index is 13.6. The number of fused-ring (bicyclic) bond motifs is 4. The minimum Gasteiger partial charge on any atom is -0.493 e. The summed E-state index contributed by atoms with van der Waals surface area (Å²) < 4.78 is 49.1. The zero-order chi connectivity index (χ0) is 24.5. The average Bonchev–Trinajstić information content (AvgIpc) is 2.87. The van der Waals surface area contributed by atoms with E-state index in [1.807, 2.05) is 19.1 Å². The third kappa shape index (κ3) is 4.60. The highest BCUT2D eigenvalue weighted by Gasteiger charge is 2.34. The highest BCUT2D eigenvalue weighted by atomic mass is 32.2. The zero-order valence-electron chi connectivity index (χ0n) is 20.0. The molecule has 3 aromatic rings. The number of rotatable bonds is 7. The van der Waals surface area contributed by atoms with Crippen LogP contribution in [0.25, 0.3) is 0 Å². The predicted octanol–water partition coefficient (Wildman–Crippen LogP) is 5.00. The number of benzene rings is 3. The van der Waals surface area contributed by atoms with Gasteiger partial charge in [-0.1, -0.05) is 6.07 Å². The first-order chi connectivity index (χ1) is 17.0. The van der Waals surface area contributed by atoms with Crippen LogP contribution < -0.4 is 18.4 Å². The van der Waals surface area contributed by atoms with Gasteiger partial charge >= 0.3 is 0 Å². The van der Waals surface area contributed by atoms with E-state index in [0.717, 1.165) is 43.0 Å². The van der Waals surface area contributed by atoms with E-state index in [4.69, 9.17) is 18.4 Å². The molecule has 0 amide bonds. The summed E-state index contributed by atoms with van der Waals surface area (Å²) in [5.74, 6) is 1.96. The van der Waals surface area contributed by atoms with E-state index >= 15 is 0 Å². The van der Waals surface area contributed by atoms with E-state index in [2.05, 4.69) is 17.0 Å². The van der Waals surface area contributed by atoms with E-state index in [0.29, 0.717) is 18.1 Å².